The van der Waals surface area contributed by atoms with Gasteiger partial charge in [0.05, 0.1) is 5.75 Å². The van der Waals surface area contributed by atoms with Crippen molar-refractivity contribution >= 4 is 29.4 Å². The molecule has 148 valence electrons. The van der Waals surface area contributed by atoms with Gasteiger partial charge in [0, 0.05) is 18.8 Å². The second-order valence-corrected chi connectivity index (χ2v) is 9.11. The quantitative estimate of drug-likeness (QED) is 0.533. The van der Waals surface area contributed by atoms with E-state index in [2.05, 4.69) is 55.2 Å². The van der Waals surface area contributed by atoms with Crippen LogP contribution in [0.4, 0.5) is 0 Å². The topological polar surface area (TPSA) is 77.0 Å². The average molecular weight is 408 g/mol. The van der Waals surface area contributed by atoms with Crippen LogP contribution >= 0.6 is 23.5 Å². The first-order chi connectivity index (χ1) is 12.8. The van der Waals surface area contributed by atoms with E-state index in [4.69, 9.17) is 5.84 Å². The average Bonchev–Trinajstić information content (AvgIpc) is 2.98. The zero-order chi connectivity index (χ0) is 20.0. The van der Waals surface area contributed by atoms with Gasteiger partial charge < -0.3 is 10.7 Å². The van der Waals surface area contributed by atoms with Gasteiger partial charge in [-0.3, -0.25) is 4.79 Å². The number of hydrogen-bond donors (Lipinski definition) is 1. The lowest BCUT2D eigenvalue weighted by molar-refractivity contribution is -0.127. The summed E-state index contributed by atoms with van der Waals surface area (Å²) in [6.45, 7) is 12.0. The molecule has 0 spiro atoms. The molecule has 2 rings (SSSR count). The fourth-order valence-corrected chi connectivity index (χ4v) is 4.13. The van der Waals surface area contributed by atoms with Crippen LogP contribution in [0.5, 0.6) is 0 Å². The standard InChI is InChI=1S/C19H29N5OS2/c1-6-23(7-2)16(25)13-27-18-22-21-17(24(18)20)26-12-14-8-10-15(11-9-14)19(3,4)5/h8-11H,6-7,12-13,20H2,1-5H3. The first-order valence-corrected chi connectivity index (χ1v) is 11.1. The zero-order valence-electron chi connectivity index (χ0n) is 16.7. The summed E-state index contributed by atoms with van der Waals surface area (Å²) in [6.07, 6.45) is 0. The van der Waals surface area contributed by atoms with E-state index in [1.807, 2.05) is 13.8 Å². The van der Waals surface area contributed by atoms with E-state index in [9.17, 15) is 4.79 Å². The Morgan fingerprint density at radius 2 is 1.63 bits per heavy atom. The highest BCUT2D eigenvalue weighted by Gasteiger charge is 2.16. The lowest BCUT2D eigenvalue weighted by Gasteiger charge is -2.19. The summed E-state index contributed by atoms with van der Waals surface area (Å²) in [5, 5.41) is 9.48. The molecule has 8 heteroatoms. The van der Waals surface area contributed by atoms with Crippen molar-refractivity contribution in [1.82, 2.24) is 19.8 Å². The van der Waals surface area contributed by atoms with E-state index in [-0.39, 0.29) is 11.3 Å². The second kappa shape index (κ2) is 9.50. The smallest absolute Gasteiger partial charge is 0.233 e. The van der Waals surface area contributed by atoms with Gasteiger partial charge in [0.2, 0.25) is 16.2 Å². The van der Waals surface area contributed by atoms with Gasteiger partial charge in [-0.15, -0.1) is 10.2 Å². The van der Waals surface area contributed by atoms with Crippen molar-refractivity contribution in [3.8, 4) is 0 Å². The third-order valence-electron chi connectivity index (χ3n) is 4.26. The van der Waals surface area contributed by atoms with E-state index in [0.29, 0.717) is 29.2 Å². The van der Waals surface area contributed by atoms with Crippen molar-refractivity contribution in [2.45, 2.75) is 56.1 Å². The zero-order valence-corrected chi connectivity index (χ0v) is 18.4. The van der Waals surface area contributed by atoms with Gasteiger partial charge in [0.1, 0.15) is 0 Å². The van der Waals surface area contributed by atoms with Crippen LogP contribution in [0.15, 0.2) is 34.6 Å². The molecule has 0 fully saturated rings. The lowest BCUT2D eigenvalue weighted by Crippen LogP contribution is -2.32. The van der Waals surface area contributed by atoms with Gasteiger partial charge in [-0.05, 0) is 30.4 Å². The summed E-state index contributed by atoms with van der Waals surface area (Å²) in [5.41, 5.74) is 2.68. The van der Waals surface area contributed by atoms with Crippen molar-refractivity contribution in [1.29, 1.82) is 0 Å². The number of benzene rings is 1. The summed E-state index contributed by atoms with van der Waals surface area (Å²) < 4.78 is 1.47. The van der Waals surface area contributed by atoms with Crippen molar-refractivity contribution in [2.24, 2.45) is 0 Å². The van der Waals surface area contributed by atoms with Crippen molar-refractivity contribution in [2.75, 3.05) is 24.7 Å². The number of nitrogens with zero attached hydrogens (tertiary/aromatic N) is 4. The summed E-state index contributed by atoms with van der Waals surface area (Å²) in [7, 11) is 0. The van der Waals surface area contributed by atoms with Crippen molar-refractivity contribution in [3.05, 3.63) is 35.4 Å². The molecular formula is C19H29N5OS2. The van der Waals surface area contributed by atoms with Gasteiger partial charge in [-0.2, -0.15) is 0 Å². The van der Waals surface area contributed by atoms with Crippen molar-refractivity contribution < 1.29 is 4.79 Å². The maximum Gasteiger partial charge on any atom is 0.233 e. The number of rotatable bonds is 8. The molecule has 1 aromatic carbocycles. The Morgan fingerprint density at radius 3 is 2.15 bits per heavy atom. The van der Waals surface area contributed by atoms with Gasteiger partial charge in [-0.1, -0.05) is 68.6 Å². The molecule has 0 unspecified atom stereocenters. The van der Waals surface area contributed by atoms with Crippen LogP contribution in [0.3, 0.4) is 0 Å². The molecule has 0 aliphatic heterocycles. The van der Waals surface area contributed by atoms with Crippen LogP contribution in [0.25, 0.3) is 0 Å². The number of nitrogen functional groups attached to an aromatic ring is 1. The molecule has 1 aromatic heterocycles. The third-order valence-corrected chi connectivity index (χ3v) is 6.20. The van der Waals surface area contributed by atoms with E-state index in [1.165, 1.54) is 39.3 Å². The number of amides is 1. The van der Waals surface area contributed by atoms with Gasteiger partial charge >= 0.3 is 0 Å². The van der Waals surface area contributed by atoms with E-state index in [0.717, 1.165) is 5.75 Å². The Bertz CT molecular complexity index is 748. The number of thioether (sulfide) groups is 2. The molecular weight excluding hydrogens is 378 g/mol. The SMILES string of the molecule is CCN(CC)C(=O)CSc1nnc(SCc2ccc(C(C)(C)C)cc2)n1N. The summed E-state index contributed by atoms with van der Waals surface area (Å²) in [4.78, 5) is 13.9. The molecule has 0 saturated heterocycles. The van der Waals surface area contributed by atoms with Crippen LogP contribution < -0.4 is 5.84 Å². The van der Waals surface area contributed by atoms with Gasteiger partial charge in [0.15, 0.2) is 0 Å². The van der Waals surface area contributed by atoms with E-state index >= 15 is 0 Å². The van der Waals surface area contributed by atoms with Crippen LogP contribution in [0.2, 0.25) is 0 Å². The summed E-state index contributed by atoms with van der Waals surface area (Å²) in [5.74, 6) is 7.27. The predicted molar refractivity (Wildman–Crippen MR) is 114 cm³/mol. The fourth-order valence-electron chi connectivity index (χ4n) is 2.50. The van der Waals surface area contributed by atoms with Crippen molar-refractivity contribution in [3.63, 3.8) is 0 Å². The minimum absolute atomic E-state index is 0.0844. The molecule has 0 aliphatic carbocycles. The molecule has 1 amide bonds. The Hall–Kier alpha value is -1.67. The largest absolute Gasteiger partial charge is 0.343 e. The molecule has 27 heavy (non-hydrogen) atoms. The molecule has 0 radical (unpaired) electrons. The Kier molecular flexibility index (Phi) is 7.61. The Balaban J connectivity index is 1.92. The first kappa shape index (κ1) is 21.6. The molecule has 0 aliphatic rings. The van der Waals surface area contributed by atoms with Crippen LogP contribution in [0, 0.1) is 0 Å². The van der Waals surface area contributed by atoms with E-state index in [1.54, 1.807) is 4.90 Å². The third kappa shape index (κ3) is 5.90. The number of hydrogen-bond acceptors (Lipinski definition) is 6. The maximum atomic E-state index is 12.1. The Morgan fingerprint density at radius 1 is 1.07 bits per heavy atom. The molecule has 2 aromatic rings. The number of nitrogens with two attached hydrogens (primary N) is 1. The predicted octanol–water partition coefficient (Wildman–Crippen LogP) is 3.54. The highest BCUT2D eigenvalue weighted by molar-refractivity contribution is 8.00. The first-order valence-electron chi connectivity index (χ1n) is 9.09. The molecule has 6 nitrogen and oxygen atoms in total. The van der Waals surface area contributed by atoms with Gasteiger partial charge in [-0.25, -0.2) is 4.68 Å². The minimum Gasteiger partial charge on any atom is -0.343 e. The van der Waals surface area contributed by atoms with Crippen LogP contribution in [-0.2, 0) is 16.0 Å². The van der Waals surface area contributed by atoms with Crippen LogP contribution in [0.1, 0.15) is 45.7 Å². The molecule has 1 heterocycles. The highest BCUT2D eigenvalue weighted by Crippen LogP contribution is 2.26. The lowest BCUT2D eigenvalue weighted by atomic mass is 9.87. The monoisotopic (exact) mass is 407 g/mol. The number of carbonyl (C=O) groups excluding carboxylic acids is 1. The number of carbonyl (C=O) groups is 1. The minimum atomic E-state index is 0.0844. The molecule has 0 bridgehead atoms. The second-order valence-electron chi connectivity index (χ2n) is 7.23. The summed E-state index contributed by atoms with van der Waals surface area (Å²) >= 11 is 2.86. The normalized spacial score (nSPS) is 11.6. The number of aromatic nitrogens is 3. The van der Waals surface area contributed by atoms with Gasteiger partial charge in [0.25, 0.3) is 0 Å². The molecule has 0 saturated carbocycles. The molecule has 0 atom stereocenters. The molecule has 2 N–H and O–H groups in total. The Labute approximate surface area is 170 Å². The van der Waals surface area contributed by atoms with E-state index < -0.39 is 0 Å². The highest BCUT2D eigenvalue weighted by atomic mass is 32.2. The van der Waals surface area contributed by atoms with Crippen LogP contribution in [-0.4, -0.2) is 44.5 Å². The summed E-state index contributed by atoms with van der Waals surface area (Å²) in [6, 6.07) is 8.62. The maximum absolute atomic E-state index is 12.1. The fraction of sp³-hybridized carbons (Fsp3) is 0.526.